The van der Waals surface area contributed by atoms with Gasteiger partial charge in [-0.05, 0) is 0 Å². The van der Waals surface area contributed by atoms with Crippen LogP contribution in [0.2, 0.25) is 0 Å². The summed E-state index contributed by atoms with van der Waals surface area (Å²) in [5.74, 6) is -0.309. The molecule has 1 aliphatic rings. The normalized spacial score (nSPS) is 21.7. The predicted molar refractivity (Wildman–Crippen MR) is 51.4 cm³/mol. The van der Waals surface area contributed by atoms with E-state index in [4.69, 9.17) is 0 Å². The monoisotopic (exact) mass is 226 g/mol. The first-order chi connectivity index (χ1) is 6.91. The lowest BCUT2D eigenvalue weighted by atomic mass is 10.2. The molecule has 0 aromatic carbocycles. The van der Waals surface area contributed by atoms with E-state index in [9.17, 15) is 18.0 Å². The highest BCUT2D eigenvalue weighted by molar-refractivity contribution is 5.73. The SMILES string of the molecule is CC.CC(=O)N1CCN[C@@H](C(F)(F)F)C1. The topological polar surface area (TPSA) is 32.3 Å². The van der Waals surface area contributed by atoms with Gasteiger partial charge in [0.05, 0.1) is 0 Å². The molecule has 6 heteroatoms. The zero-order valence-corrected chi connectivity index (χ0v) is 9.19. The number of carbonyl (C=O) groups is 1. The van der Waals surface area contributed by atoms with Crippen molar-refractivity contribution < 1.29 is 18.0 Å². The van der Waals surface area contributed by atoms with Crippen molar-refractivity contribution in [2.75, 3.05) is 19.6 Å². The van der Waals surface area contributed by atoms with Gasteiger partial charge in [0, 0.05) is 26.6 Å². The van der Waals surface area contributed by atoms with Crippen LogP contribution >= 0.6 is 0 Å². The summed E-state index contributed by atoms with van der Waals surface area (Å²) in [4.78, 5) is 12.0. The average Bonchev–Trinajstić information content (AvgIpc) is 2.20. The Morgan fingerprint density at radius 3 is 2.33 bits per heavy atom. The van der Waals surface area contributed by atoms with E-state index in [0.29, 0.717) is 6.54 Å². The highest BCUT2D eigenvalue weighted by atomic mass is 19.4. The molecule has 90 valence electrons. The van der Waals surface area contributed by atoms with Gasteiger partial charge in [0.15, 0.2) is 0 Å². The van der Waals surface area contributed by atoms with Gasteiger partial charge >= 0.3 is 6.18 Å². The molecule has 1 fully saturated rings. The van der Waals surface area contributed by atoms with E-state index in [1.54, 1.807) is 0 Å². The predicted octanol–water partition coefficient (Wildman–Crippen LogP) is 1.40. The van der Waals surface area contributed by atoms with Crippen molar-refractivity contribution in [1.82, 2.24) is 10.2 Å². The van der Waals surface area contributed by atoms with Gasteiger partial charge in [-0.3, -0.25) is 4.79 Å². The minimum atomic E-state index is -4.27. The molecule has 15 heavy (non-hydrogen) atoms. The molecule has 0 bridgehead atoms. The van der Waals surface area contributed by atoms with Crippen molar-refractivity contribution >= 4 is 5.91 Å². The molecule has 0 spiro atoms. The smallest absolute Gasteiger partial charge is 0.340 e. The molecule has 0 radical (unpaired) electrons. The lowest BCUT2D eigenvalue weighted by Crippen LogP contribution is -2.57. The second-order valence-corrected chi connectivity index (χ2v) is 3.01. The summed E-state index contributed by atoms with van der Waals surface area (Å²) >= 11 is 0. The highest BCUT2D eigenvalue weighted by Gasteiger charge is 2.42. The minimum Gasteiger partial charge on any atom is -0.340 e. The quantitative estimate of drug-likeness (QED) is 0.677. The Bertz CT molecular complexity index is 206. The molecule has 0 unspecified atom stereocenters. The van der Waals surface area contributed by atoms with Gasteiger partial charge in [-0.2, -0.15) is 13.2 Å². The maximum atomic E-state index is 12.2. The van der Waals surface area contributed by atoms with E-state index in [1.165, 1.54) is 11.8 Å². The molecule has 1 atom stereocenters. The second-order valence-electron chi connectivity index (χ2n) is 3.01. The average molecular weight is 226 g/mol. The number of nitrogens with zero attached hydrogens (tertiary/aromatic N) is 1. The molecule has 1 rings (SSSR count). The summed E-state index contributed by atoms with van der Waals surface area (Å²) < 4.78 is 36.5. The molecule has 0 aliphatic carbocycles. The number of hydrogen-bond acceptors (Lipinski definition) is 2. The van der Waals surface area contributed by atoms with Crippen LogP contribution in [0, 0.1) is 0 Å². The van der Waals surface area contributed by atoms with Crippen molar-refractivity contribution in [1.29, 1.82) is 0 Å². The minimum absolute atomic E-state index is 0.198. The highest BCUT2D eigenvalue weighted by Crippen LogP contribution is 2.22. The van der Waals surface area contributed by atoms with Gasteiger partial charge in [-0.1, -0.05) is 13.8 Å². The summed E-state index contributed by atoms with van der Waals surface area (Å²) in [6, 6.07) is -1.58. The van der Waals surface area contributed by atoms with Crippen LogP contribution in [-0.2, 0) is 4.79 Å². The van der Waals surface area contributed by atoms with E-state index in [1.807, 2.05) is 13.8 Å². The summed E-state index contributed by atoms with van der Waals surface area (Å²) in [6.07, 6.45) is -4.27. The maximum Gasteiger partial charge on any atom is 0.405 e. The van der Waals surface area contributed by atoms with Crippen LogP contribution < -0.4 is 5.32 Å². The second kappa shape index (κ2) is 5.95. The van der Waals surface area contributed by atoms with Crippen LogP contribution in [0.1, 0.15) is 20.8 Å². The van der Waals surface area contributed by atoms with E-state index in [2.05, 4.69) is 5.32 Å². The van der Waals surface area contributed by atoms with Gasteiger partial charge in [0.2, 0.25) is 5.91 Å². The van der Waals surface area contributed by atoms with Gasteiger partial charge in [0.1, 0.15) is 6.04 Å². The third-order valence-corrected chi connectivity index (χ3v) is 2.02. The van der Waals surface area contributed by atoms with Crippen molar-refractivity contribution in [2.24, 2.45) is 0 Å². The third-order valence-electron chi connectivity index (χ3n) is 2.02. The van der Waals surface area contributed by atoms with Gasteiger partial charge in [-0.15, -0.1) is 0 Å². The first-order valence-electron chi connectivity index (χ1n) is 4.97. The van der Waals surface area contributed by atoms with Crippen LogP contribution in [0.4, 0.5) is 13.2 Å². The van der Waals surface area contributed by atoms with Crippen molar-refractivity contribution in [2.45, 2.75) is 33.0 Å². The number of alkyl halides is 3. The number of piperazine rings is 1. The number of hydrogen-bond donors (Lipinski definition) is 1. The molecular weight excluding hydrogens is 209 g/mol. The number of carbonyl (C=O) groups excluding carboxylic acids is 1. The Kier molecular flexibility index (Phi) is 5.64. The van der Waals surface area contributed by atoms with E-state index in [0.717, 1.165) is 0 Å². The van der Waals surface area contributed by atoms with Gasteiger partial charge in [0.25, 0.3) is 0 Å². The van der Waals surface area contributed by atoms with Crippen LogP contribution in [0.15, 0.2) is 0 Å². The maximum absolute atomic E-state index is 12.2. The van der Waals surface area contributed by atoms with Crippen LogP contribution in [0.25, 0.3) is 0 Å². The first-order valence-corrected chi connectivity index (χ1v) is 4.97. The largest absolute Gasteiger partial charge is 0.405 e. The van der Waals surface area contributed by atoms with Crippen LogP contribution in [0.3, 0.4) is 0 Å². The fourth-order valence-electron chi connectivity index (χ4n) is 1.26. The number of amides is 1. The summed E-state index contributed by atoms with van der Waals surface area (Å²) in [7, 11) is 0. The van der Waals surface area contributed by atoms with Crippen molar-refractivity contribution in [3.63, 3.8) is 0 Å². The third kappa shape index (κ3) is 4.51. The first kappa shape index (κ1) is 14.2. The molecule has 0 aromatic rings. The van der Waals surface area contributed by atoms with E-state index in [-0.39, 0.29) is 19.0 Å². The summed E-state index contributed by atoms with van der Waals surface area (Å²) in [5, 5.41) is 2.32. The number of halogens is 3. The fraction of sp³-hybridized carbons (Fsp3) is 0.889. The Morgan fingerprint density at radius 1 is 1.40 bits per heavy atom. The summed E-state index contributed by atoms with van der Waals surface area (Å²) in [6.45, 7) is 5.54. The zero-order chi connectivity index (χ0) is 12.1. The van der Waals surface area contributed by atoms with Gasteiger partial charge < -0.3 is 10.2 Å². The van der Waals surface area contributed by atoms with E-state index >= 15 is 0 Å². The Hall–Kier alpha value is -0.780. The number of nitrogens with one attached hydrogen (secondary N) is 1. The Labute approximate surface area is 87.6 Å². The molecule has 1 saturated heterocycles. The molecule has 0 aromatic heterocycles. The molecule has 1 heterocycles. The molecular formula is C9H17F3N2O. The molecule has 1 amide bonds. The Morgan fingerprint density at radius 2 is 1.93 bits per heavy atom. The lowest BCUT2D eigenvalue weighted by molar-refractivity contribution is -0.167. The summed E-state index contributed by atoms with van der Waals surface area (Å²) in [5.41, 5.74) is 0. The molecule has 1 N–H and O–H groups in total. The lowest BCUT2D eigenvalue weighted by Gasteiger charge is -2.33. The molecule has 3 nitrogen and oxygen atoms in total. The van der Waals surface area contributed by atoms with Crippen molar-refractivity contribution in [3.8, 4) is 0 Å². The van der Waals surface area contributed by atoms with Crippen molar-refractivity contribution in [3.05, 3.63) is 0 Å². The molecule has 1 aliphatic heterocycles. The fourth-order valence-corrected chi connectivity index (χ4v) is 1.26. The van der Waals surface area contributed by atoms with Crippen LogP contribution in [-0.4, -0.2) is 42.7 Å². The zero-order valence-electron chi connectivity index (χ0n) is 9.19. The standard InChI is InChI=1S/C7H11F3N2O.C2H6/c1-5(13)12-3-2-11-6(4-12)7(8,9)10;1-2/h6,11H,2-4H2,1H3;1-2H3/t6-;/m1./s1. The van der Waals surface area contributed by atoms with Gasteiger partial charge in [-0.25, -0.2) is 0 Å². The van der Waals surface area contributed by atoms with E-state index < -0.39 is 12.2 Å². The number of rotatable bonds is 0. The molecule has 0 saturated carbocycles. The Balaban J connectivity index is 0.000000921. The van der Waals surface area contributed by atoms with Crippen LogP contribution in [0.5, 0.6) is 0 Å².